The SMILES string of the molecule is COc1ccc(CN2C(=O)[C@H](Cc3ccccc3)O[C@@H](c3ccc(Cl)cc3)[C@H]2c2ccc(Cl)cc2)cc1. The standard InChI is InChI=1S/C31H27Cl2NO3/c1-36-27-17-7-22(8-18-27)20-34-29(23-9-13-25(32)14-10-23)30(24-11-15-26(33)16-12-24)37-28(31(34)35)19-21-5-3-2-4-6-21/h2-18,28-30H,19-20H2,1H3/t28-,29+,30-/m0/s1. The lowest BCUT2D eigenvalue weighted by Crippen LogP contribution is -2.51. The summed E-state index contributed by atoms with van der Waals surface area (Å²) < 4.78 is 12.0. The molecular formula is C31H27Cl2NO3. The number of carbonyl (C=O) groups excluding carboxylic acids is 1. The molecule has 0 N–H and O–H groups in total. The van der Waals surface area contributed by atoms with Gasteiger partial charge in [-0.15, -0.1) is 0 Å². The maximum Gasteiger partial charge on any atom is 0.253 e. The lowest BCUT2D eigenvalue weighted by atomic mass is 9.90. The van der Waals surface area contributed by atoms with Gasteiger partial charge in [-0.3, -0.25) is 4.79 Å². The van der Waals surface area contributed by atoms with Gasteiger partial charge in [0, 0.05) is 23.0 Å². The molecule has 0 aliphatic carbocycles. The Morgan fingerprint density at radius 1 is 0.757 bits per heavy atom. The number of amides is 1. The molecule has 6 heteroatoms. The molecule has 0 saturated carbocycles. The van der Waals surface area contributed by atoms with Gasteiger partial charge >= 0.3 is 0 Å². The van der Waals surface area contributed by atoms with E-state index in [1.54, 1.807) is 7.11 Å². The lowest BCUT2D eigenvalue weighted by molar-refractivity contribution is -0.175. The van der Waals surface area contributed by atoms with E-state index < -0.39 is 12.2 Å². The van der Waals surface area contributed by atoms with Gasteiger partial charge in [-0.2, -0.15) is 0 Å². The van der Waals surface area contributed by atoms with Crippen molar-refractivity contribution in [1.29, 1.82) is 0 Å². The molecule has 4 nitrogen and oxygen atoms in total. The Morgan fingerprint density at radius 2 is 1.35 bits per heavy atom. The van der Waals surface area contributed by atoms with E-state index in [0.29, 0.717) is 23.0 Å². The van der Waals surface area contributed by atoms with Gasteiger partial charge in [0.15, 0.2) is 0 Å². The first-order chi connectivity index (χ1) is 18.0. The monoisotopic (exact) mass is 531 g/mol. The molecular weight excluding hydrogens is 505 g/mol. The van der Waals surface area contributed by atoms with Crippen molar-refractivity contribution in [3.63, 3.8) is 0 Å². The summed E-state index contributed by atoms with van der Waals surface area (Å²) in [6, 6.07) is 32.7. The Kier molecular flexibility index (Phi) is 7.80. The molecule has 1 saturated heterocycles. The van der Waals surface area contributed by atoms with Gasteiger partial charge in [-0.1, -0.05) is 89.9 Å². The van der Waals surface area contributed by atoms with Crippen LogP contribution in [0.15, 0.2) is 103 Å². The van der Waals surface area contributed by atoms with E-state index in [-0.39, 0.29) is 11.9 Å². The molecule has 1 heterocycles. The first-order valence-corrected chi connectivity index (χ1v) is 12.9. The normalized spacial score (nSPS) is 19.6. The highest BCUT2D eigenvalue weighted by atomic mass is 35.5. The van der Waals surface area contributed by atoms with Gasteiger partial charge in [0.2, 0.25) is 0 Å². The van der Waals surface area contributed by atoms with E-state index >= 15 is 0 Å². The van der Waals surface area contributed by atoms with Crippen molar-refractivity contribution in [2.45, 2.75) is 31.2 Å². The predicted molar refractivity (Wildman–Crippen MR) is 147 cm³/mol. The largest absolute Gasteiger partial charge is 0.497 e. The average molecular weight is 532 g/mol. The molecule has 1 amide bonds. The molecule has 188 valence electrons. The number of carbonyl (C=O) groups is 1. The van der Waals surface area contributed by atoms with Crippen molar-refractivity contribution in [1.82, 2.24) is 4.90 Å². The quantitative estimate of drug-likeness (QED) is 0.248. The zero-order valence-corrected chi connectivity index (χ0v) is 21.9. The first-order valence-electron chi connectivity index (χ1n) is 12.2. The zero-order valence-electron chi connectivity index (χ0n) is 20.4. The predicted octanol–water partition coefficient (Wildman–Crippen LogP) is 7.45. The highest BCUT2D eigenvalue weighted by molar-refractivity contribution is 6.30. The molecule has 0 aromatic heterocycles. The third-order valence-corrected chi connectivity index (χ3v) is 7.18. The topological polar surface area (TPSA) is 38.8 Å². The van der Waals surface area contributed by atoms with Crippen LogP contribution in [0.3, 0.4) is 0 Å². The Bertz CT molecular complexity index is 1330. The summed E-state index contributed by atoms with van der Waals surface area (Å²) in [6.07, 6.45) is -0.552. The second kappa shape index (κ2) is 11.4. The van der Waals surface area contributed by atoms with Crippen LogP contribution in [0.2, 0.25) is 10.0 Å². The van der Waals surface area contributed by atoms with Crippen LogP contribution in [-0.2, 0) is 22.5 Å². The number of ether oxygens (including phenoxy) is 2. The maximum absolute atomic E-state index is 14.1. The number of morpholine rings is 1. The smallest absolute Gasteiger partial charge is 0.253 e. The van der Waals surface area contributed by atoms with Gasteiger partial charge in [-0.25, -0.2) is 0 Å². The van der Waals surface area contributed by atoms with Crippen LogP contribution in [0.5, 0.6) is 5.75 Å². The molecule has 1 aliphatic rings. The number of nitrogens with zero attached hydrogens (tertiary/aromatic N) is 1. The van der Waals surface area contributed by atoms with Crippen molar-refractivity contribution in [3.8, 4) is 5.75 Å². The van der Waals surface area contributed by atoms with Crippen molar-refractivity contribution >= 4 is 29.1 Å². The lowest BCUT2D eigenvalue weighted by Gasteiger charge is -2.45. The summed E-state index contributed by atoms with van der Waals surface area (Å²) in [4.78, 5) is 16.0. The van der Waals surface area contributed by atoms with Gasteiger partial charge in [-0.05, 0) is 58.7 Å². The molecule has 4 aromatic rings. The summed E-state index contributed by atoms with van der Waals surface area (Å²) >= 11 is 12.4. The highest BCUT2D eigenvalue weighted by Crippen LogP contribution is 2.43. The number of hydrogen-bond acceptors (Lipinski definition) is 3. The summed E-state index contributed by atoms with van der Waals surface area (Å²) in [5, 5.41) is 1.29. The minimum absolute atomic E-state index is 0.0511. The van der Waals surface area contributed by atoms with Gasteiger partial charge in [0.25, 0.3) is 5.91 Å². The number of benzene rings is 4. The molecule has 3 atom stereocenters. The van der Waals surface area contributed by atoms with E-state index in [2.05, 4.69) is 0 Å². The fourth-order valence-electron chi connectivity index (χ4n) is 4.79. The third-order valence-electron chi connectivity index (χ3n) is 6.68. The first kappa shape index (κ1) is 25.3. The van der Waals surface area contributed by atoms with Crippen LogP contribution >= 0.6 is 23.2 Å². The van der Waals surface area contributed by atoms with Crippen molar-refractivity contribution in [2.24, 2.45) is 0 Å². The maximum atomic E-state index is 14.1. The fourth-order valence-corrected chi connectivity index (χ4v) is 5.04. The van der Waals surface area contributed by atoms with Crippen molar-refractivity contribution in [2.75, 3.05) is 7.11 Å². The minimum Gasteiger partial charge on any atom is -0.497 e. The van der Waals surface area contributed by atoms with Gasteiger partial charge in [0.1, 0.15) is 18.0 Å². The van der Waals surface area contributed by atoms with E-state index in [1.807, 2.05) is 108 Å². The van der Waals surface area contributed by atoms with Crippen molar-refractivity contribution < 1.29 is 14.3 Å². The number of halogens is 2. The Balaban J connectivity index is 1.58. The van der Waals surface area contributed by atoms with E-state index in [0.717, 1.165) is 28.0 Å². The molecule has 37 heavy (non-hydrogen) atoms. The second-order valence-electron chi connectivity index (χ2n) is 9.10. The second-order valence-corrected chi connectivity index (χ2v) is 9.97. The number of rotatable bonds is 7. The average Bonchev–Trinajstić information content (AvgIpc) is 2.93. The van der Waals surface area contributed by atoms with E-state index in [1.165, 1.54) is 0 Å². The Morgan fingerprint density at radius 3 is 1.95 bits per heavy atom. The minimum atomic E-state index is -0.634. The van der Waals surface area contributed by atoms with Crippen LogP contribution in [0.4, 0.5) is 0 Å². The van der Waals surface area contributed by atoms with E-state index in [9.17, 15) is 4.79 Å². The summed E-state index contributed by atoms with van der Waals surface area (Å²) in [5.74, 6) is 0.720. The molecule has 1 aliphatic heterocycles. The zero-order chi connectivity index (χ0) is 25.8. The van der Waals surface area contributed by atoms with E-state index in [4.69, 9.17) is 32.7 Å². The van der Waals surface area contributed by atoms with Crippen LogP contribution in [-0.4, -0.2) is 24.0 Å². The van der Waals surface area contributed by atoms with Crippen LogP contribution in [0.25, 0.3) is 0 Å². The third kappa shape index (κ3) is 5.83. The number of methoxy groups -OCH3 is 1. The number of hydrogen-bond donors (Lipinski definition) is 0. The molecule has 1 fully saturated rings. The van der Waals surface area contributed by atoms with Crippen LogP contribution in [0, 0.1) is 0 Å². The van der Waals surface area contributed by atoms with Crippen molar-refractivity contribution in [3.05, 3.63) is 135 Å². The fraction of sp³-hybridized carbons (Fsp3) is 0.194. The summed E-state index contributed by atoms with van der Waals surface area (Å²) in [7, 11) is 1.64. The molecule has 0 radical (unpaired) electrons. The Labute approximate surface area is 227 Å². The molecule has 0 unspecified atom stereocenters. The summed E-state index contributed by atoms with van der Waals surface area (Å²) in [5.41, 5.74) is 3.95. The molecule has 0 bridgehead atoms. The molecule has 0 spiro atoms. The van der Waals surface area contributed by atoms with Crippen LogP contribution < -0.4 is 4.74 Å². The summed E-state index contributed by atoms with van der Waals surface area (Å²) in [6.45, 7) is 0.425. The molecule has 4 aromatic carbocycles. The Hall–Kier alpha value is -3.31. The molecule has 5 rings (SSSR count). The highest BCUT2D eigenvalue weighted by Gasteiger charge is 2.44. The van der Waals surface area contributed by atoms with Crippen LogP contribution in [0.1, 0.15) is 34.4 Å². The van der Waals surface area contributed by atoms with Gasteiger partial charge in [0.05, 0.1) is 13.2 Å². The van der Waals surface area contributed by atoms with Gasteiger partial charge < -0.3 is 14.4 Å².